The quantitative estimate of drug-likeness (QED) is 0.919. The van der Waals surface area contributed by atoms with Gasteiger partial charge in [-0.25, -0.2) is 0 Å². The van der Waals surface area contributed by atoms with Crippen molar-refractivity contribution in [2.45, 2.75) is 57.7 Å². The lowest BCUT2D eigenvalue weighted by Crippen LogP contribution is -2.42. The highest BCUT2D eigenvalue weighted by Gasteiger charge is 2.40. The fourth-order valence-electron chi connectivity index (χ4n) is 3.81. The second-order valence-corrected chi connectivity index (χ2v) is 7.38. The SMILES string of the molecule is Cc1ccc(CN2C3CCC2CC(CC(=O)O)C3)s1. The lowest BCUT2D eigenvalue weighted by Gasteiger charge is -2.38. The van der Waals surface area contributed by atoms with E-state index in [0.717, 1.165) is 19.4 Å². The second kappa shape index (κ2) is 5.25. The van der Waals surface area contributed by atoms with Gasteiger partial charge in [0.25, 0.3) is 0 Å². The second-order valence-electron chi connectivity index (χ2n) is 6.00. The summed E-state index contributed by atoms with van der Waals surface area (Å²) in [6, 6.07) is 5.66. The Labute approximate surface area is 118 Å². The fourth-order valence-corrected chi connectivity index (χ4v) is 4.71. The molecule has 0 saturated carbocycles. The monoisotopic (exact) mass is 279 g/mol. The summed E-state index contributed by atoms with van der Waals surface area (Å²) in [5, 5.41) is 8.95. The summed E-state index contributed by atoms with van der Waals surface area (Å²) in [6.07, 6.45) is 5.02. The summed E-state index contributed by atoms with van der Waals surface area (Å²) in [6.45, 7) is 3.22. The zero-order valence-electron chi connectivity index (χ0n) is 11.3. The lowest BCUT2D eigenvalue weighted by molar-refractivity contribution is -0.138. The molecule has 0 spiro atoms. The van der Waals surface area contributed by atoms with Crippen LogP contribution in [-0.4, -0.2) is 28.1 Å². The third kappa shape index (κ3) is 2.84. The Bertz CT molecular complexity index is 456. The van der Waals surface area contributed by atoms with Crippen molar-refractivity contribution < 1.29 is 9.90 Å². The van der Waals surface area contributed by atoms with Gasteiger partial charge in [-0.2, -0.15) is 0 Å². The number of piperidine rings is 1. The number of fused-ring (bicyclic) bond motifs is 2. The Morgan fingerprint density at radius 3 is 2.58 bits per heavy atom. The molecule has 0 radical (unpaired) electrons. The van der Waals surface area contributed by atoms with E-state index in [1.807, 2.05) is 11.3 Å². The molecule has 1 N–H and O–H groups in total. The van der Waals surface area contributed by atoms with E-state index in [9.17, 15) is 4.79 Å². The van der Waals surface area contributed by atoms with Gasteiger partial charge in [-0.3, -0.25) is 9.69 Å². The summed E-state index contributed by atoms with van der Waals surface area (Å²) in [5.74, 6) is -0.233. The van der Waals surface area contributed by atoms with Crippen molar-refractivity contribution in [3.8, 4) is 0 Å². The maximum Gasteiger partial charge on any atom is 0.303 e. The van der Waals surface area contributed by atoms with Crippen molar-refractivity contribution in [2.75, 3.05) is 0 Å². The van der Waals surface area contributed by atoms with Crippen LogP contribution in [0.4, 0.5) is 0 Å². The lowest BCUT2D eigenvalue weighted by atomic mass is 9.88. The summed E-state index contributed by atoms with van der Waals surface area (Å²) in [5.41, 5.74) is 0. The van der Waals surface area contributed by atoms with Gasteiger partial charge in [0.1, 0.15) is 0 Å². The molecule has 2 fully saturated rings. The Kier molecular flexibility index (Phi) is 3.63. The number of aryl methyl sites for hydroxylation is 1. The molecule has 3 heterocycles. The van der Waals surface area contributed by atoms with Gasteiger partial charge in [-0.05, 0) is 50.7 Å². The van der Waals surface area contributed by atoms with Gasteiger partial charge in [0.05, 0.1) is 0 Å². The molecule has 2 atom stereocenters. The van der Waals surface area contributed by atoms with Crippen molar-refractivity contribution in [2.24, 2.45) is 5.92 Å². The molecule has 2 saturated heterocycles. The maximum absolute atomic E-state index is 10.9. The summed E-state index contributed by atoms with van der Waals surface area (Å²) in [4.78, 5) is 16.3. The average Bonchev–Trinajstić information content (AvgIpc) is 2.82. The van der Waals surface area contributed by atoms with Gasteiger partial charge in [-0.15, -0.1) is 11.3 Å². The molecule has 2 bridgehead atoms. The first kappa shape index (κ1) is 13.1. The minimum Gasteiger partial charge on any atom is -0.481 e. The van der Waals surface area contributed by atoms with Crippen LogP contribution in [0.2, 0.25) is 0 Å². The minimum atomic E-state index is -0.633. The summed E-state index contributed by atoms with van der Waals surface area (Å²) >= 11 is 1.89. The molecule has 4 heteroatoms. The van der Waals surface area contributed by atoms with Gasteiger partial charge in [0, 0.05) is 34.8 Å². The third-order valence-corrected chi connectivity index (χ3v) is 5.57. The topological polar surface area (TPSA) is 40.5 Å². The number of aliphatic carboxylic acids is 1. The minimum absolute atomic E-state index is 0.360. The molecule has 1 aromatic rings. The number of carbonyl (C=O) groups is 1. The predicted molar refractivity (Wildman–Crippen MR) is 76.4 cm³/mol. The van der Waals surface area contributed by atoms with Crippen LogP contribution in [0.3, 0.4) is 0 Å². The smallest absolute Gasteiger partial charge is 0.303 e. The number of nitrogens with zero attached hydrogens (tertiary/aromatic N) is 1. The standard InChI is InChI=1S/C15H21NO2S/c1-10-2-5-14(19-10)9-16-12-3-4-13(16)7-11(6-12)8-15(17)18/h2,5,11-13H,3-4,6-9H2,1H3,(H,17,18). The summed E-state index contributed by atoms with van der Waals surface area (Å²) < 4.78 is 0. The molecule has 0 aromatic carbocycles. The maximum atomic E-state index is 10.9. The van der Waals surface area contributed by atoms with Gasteiger partial charge in [0.2, 0.25) is 0 Å². The van der Waals surface area contributed by atoms with Crippen LogP contribution in [0.15, 0.2) is 12.1 Å². The van der Waals surface area contributed by atoms with Crippen molar-refractivity contribution in [3.05, 3.63) is 21.9 Å². The molecule has 1 aromatic heterocycles. The van der Waals surface area contributed by atoms with E-state index in [1.165, 1.54) is 22.6 Å². The molecule has 2 unspecified atom stereocenters. The van der Waals surface area contributed by atoms with E-state index in [-0.39, 0.29) is 0 Å². The average molecular weight is 279 g/mol. The van der Waals surface area contributed by atoms with Crippen molar-refractivity contribution in [1.82, 2.24) is 4.90 Å². The van der Waals surface area contributed by atoms with Crippen molar-refractivity contribution >= 4 is 17.3 Å². The Hall–Kier alpha value is -0.870. The van der Waals surface area contributed by atoms with Crippen LogP contribution in [0.1, 0.15) is 41.9 Å². The van der Waals surface area contributed by atoms with Crippen LogP contribution < -0.4 is 0 Å². The van der Waals surface area contributed by atoms with E-state index >= 15 is 0 Å². The molecule has 2 aliphatic heterocycles. The number of hydrogen-bond donors (Lipinski definition) is 1. The Balaban J connectivity index is 1.64. The molecule has 3 nitrogen and oxygen atoms in total. The number of hydrogen-bond acceptors (Lipinski definition) is 3. The van der Waals surface area contributed by atoms with Gasteiger partial charge in [-0.1, -0.05) is 0 Å². The molecule has 104 valence electrons. The number of carboxylic acid groups (broad SMARTS) is 1. The zero-order chi connectivity index (χ0) is 13.4. The highest BCUT2D eigenvalue weighted by atomic mass is 32.1. The highest BCUT2D eigenvalue weighted by Crippen LogP contribution is 2.41. The van der Waals surface area contributed by atoms with E-state index < -0.39 is 5.97 Å². The first-order valence-corrected chi connectivity index (χ1v) is 7.96. The van der Waals surface area contributed by atoms with Crippen molar-refractivity contribution in [3.63, 3.8) is 0 Å². The fraction of sp³-hybridized carbons (Fsp3) is 0.667. The van der Waals surface area contributed by atoms with E-state index in [4.69, 9.17) is 5.11 Å². The molecule has 2 aliphatic rings. The molecule has 0 aliphatic carbocycles. The van der Waals surface area contributed by atoms with E-state index in [1.54, 1.807) is 0 Å². The largest absolute Gasteiger partial charge is 0.481 e. The first-order chi connectivity index (χ1) is 9.11. The first-order valence-electron chi connectivity index (χ1n) is 7.14. The van der Waals surface area contributed by atoms with Crippen molar-refractivity contribution in [1.29, 1.82) is 0 Å². The number of rotatable bonds is 4. The van der Waals surface area contributed by atoms with Gasteiger partial charge >= 0.3 is 5.97 Å². The molecule has 0 amide bonds. The Morgan fingerprint density at radius 1 is 1.37 bits per heavy atom. The zero-order valence-corrected chi connectivity index (χ0v) is 12.2. The molecular formula is C15H21NO2S. The van der Waals surface area contributed by atoms with Crippen LogP contribution in [0.25, 0.3) is 0 Å². The van der Waals surface area contributed by atoms with Gasteiger partial charge in [0.15, 0.2) is 0 Å². The molecule has 3 rings (SSSR count). The van der Waals surface area contributed by atoms with Crippen LogP contribution in [0, 0.1) is 12.8 Å². The summed E-state index contributed by atoms with van der Waals surface area (Å²) in [7, 11) is 0. The third-order valence-electron chi connectivity index (χ3n) is 4.58. The van der Waals surface area contributed by atoms with Gasteiger partial charge < -0.3 is 5.11 Å². The Morgan fingerprint density at radius 2 is 2.05 bits per heavy atom. The number of carboxylic acids is 1. The van der Waals surface area contributed by atoms with Crippen LogP contribution >= 0.6 is 11.3 Å². The predicted octanol–water partition coefficient (Wildman–Crippen LogP) is 3.27. The highest BCUT2D eigenvalue weighted by molar-refractivity contribution is 7.11. The van der Waals surface area contributed by atoms with Crippen LogP contribution in [0.5, 0.6) is 0 Å². The van der Waals surface area contributed by atoms with Crippen LogP contribution in [-0.2, 0) is 11.3 Å². The number of thiophene rings is 1. The normalized spacial score (nSPS) is 30.7. The van der Waals surface area contributed by atoms with E-state index in [0.29, 0.717) is 24.4 Å². The van der Waals surface area contributed by atoms with E-state index in [2.05, 4.69) is 24.0 Å². The molecular weight excluding hydrogens is 258 g/mol. The molecule has 19 heavy (non-hydrogen) atoms.